The Morgan fingerprint density at radius 2 is 2.00 bits per heavy atom. The van der Waals surface area contributed by atoms with Crippen molar-refractivity contribution < 1.29 is 4.79 Å². The average molecular weight is 301 g/mol. The van der Waals surface area contributed by atoms with Gasteiger partial charge in [0, 0.05) is 62.6 Å². The summed E-state index contributed by atoms with van der Waals surface area (Å²) in [5.74, 6) is 3.75. The highest BCUT2D eigenvalue weighted by atomic mass is 32.2. The van der Waals surface area contributed by atoms with E-state index in [1.165, 1.54) is 5.75 Å². The molecule has 0 aromatic heterocycles. The molecule has 0 spiro atoms. The predicted molar refractivity (Wildman–Crippen MR) is 83.0 cm³/mol. The van der Waals surface area contributed by atoms with Crippen LogP contribution in [0.1, 0.15) is 6.42 Å². The zero-order valence-electron chi connectivity index (χ0n) is 11.3. The van der Waals surface area contributed by atoms with E-state index in [4.69, 9.17) is 0 Å². The molecule has 0 bridgehead atoms. The summed E-state index contributed by atoms with van der Waals surface area (Å²) in [4.78, 5) is 17.2. The van der Waals surface area contributed by atoms with Crippen molar-refractivity contribution in [3.8, 4) is 0 Å². The summed E-state index contributed by atoms with van der Waals surface area (Å²) in [7, 11) is 0. The summed E-state index contributed by atoms with van der Waals surface area (Å²) < 4.78 is 0. The number of nitrogens with zero attached hydrogens (tertiary/aromatic N) is 2. The first-order valence-corrected chi connectivity index (χ1v) is 9.48. The van der Waals surface area contributed by atoms with E-state index in [1.807, 2.05) is 23.5 Å². The topological polar surface area (TPSA) is 35.6 Å². The number of amides is 1. The SMILES string of the molecule is O=C(C1CSCCS1)N1CCC(N2CCNCC2)C1. The van der Waals surface area contributed by atoms with Crippen LogP contribution in [-0.2, 0) is 4.79 Å². The third-order valence-electron chi connectivity index (χ3n) is 4.23. The van der Waals surface area contributed by atoms with Gasteiger partial charge in [0.05, 0.1) is 5.25 Å². The van der Waals surface area contributed by atoms with E-state index in [-0.39, 0.29) is 5.25 Å². The Labute approximate surface area is 124 Å². The maximum absolute atomic E-state index is 12.5. The zero-order valence-corrected chi connectivity index (χ0v) is 13.0. The molecule has 0 saturated carbocycles. The molecule has 3 aliphatic rings. The van der Waals surface area contributed by atoms with Gasteiger partial charge in [0.2, 0.25) is 5.91 Å². The fourth-order valence-electron chi connectivity index (χ4n) is 3.12. The van der Waals surface area contributed by atoms with Gasteiger partial charge < -0.3 is 10.2 Å². The monoisotopic (exact) mass is 301 g/mol. The van der Waals surface area contributed by atoms with Gasteiger partial charge in [-0.3, -0.25) is 9.69 Å². The highest BCUT2D eigenvalue weighted by Gasteiger charge is 2.34. The Bertz CT molecular complexity index is 317. The predicted octanol–water partition coefficient (Wildman–Crippen LogP) is 0.341. The number of hydrogen-bond donors (Lipinski definition) is 1. The van der Waals surface area contributed by atoms with Gasteiger partial charge in [0.1, 0.15) is 0 Å². The Morgan fingerprint density at radius 1 is 1.16 bits per heavy atom. The third kappa shape index (κ3) is 3.40. The van der Waals surface area contributed by atoms with Gasteiger partial charge in [-0.05, 0) is 6.42 Å². The van der Waals surface area contributed by atoms with E-state index in [2.05, 4.69) is 15.1 Å². The van der Waals surface area contributed by atoms with Crippen molar-refractivity contribution in [3.05, 3.63) is 0 Å². The molecular formula is C13H23N3OS2. The molecule has 1 N–H and O–H groups in total. The summed E-state index contributed by atoms with van der Waals surface area (Å²) in [6, 6.07) is 0.604. The molecule has 0 aliphatic carbocycles. The van der Waals surface area contributed by atoms with Crippen molar-refractivity contribution in [1.29, 1.82) is 0 Å². The van der Waals surface area contributed by atoms with Crippen LogP contribution in [0.5, 0.6) is 0 Å². The normalized spacial score (nSPS) is 33.6. The lowest BCUT2D eigenvalue weighted by atomic mass is 10.2. The lowest BCUT2D eigenvalue weighted by molar-refractivity contribution is -0.129. The van der Waals surface area contributed by atoms with Crippen LogP contribution in [0.2, 0.25) is 0 Å². The first-order valence-electron chi connectivity index (χ1n) is 7.27. The van der Waals surface area contributed by atoms with Gasteiger partial charge in [0.15, 0.2) is 0 Å². The Balaban J connectivity index is 1.51. The van der Waals surface area contributed by atoms with E-state index in [0.717, 1.165) is 57.2 Å². The number of carbonyl (C=O) groups excluding carboxylic acids is 1. The first kappa shape index (κ1) is 14.0. The second-order valence-electron chi connectivity index (χ2n) is 5.45. The van der Waals surface area contributed by atoms with Crippen LogP contribution in [0, 0.1) is 0 Å². The summed E-state index contributed by atoms with van der Waals surface area (Å²) in [6.45, 7) is 6.40. The number of likely N-dealkylation sites (tertiary alicyclic amines) is 1. The van der Waals surface area contributed by atoms with Crippen molar-refractivity contribution >= 4 is 29.4 Å². The molecule has 1 amide bonds. The van der Waals surface area contributed by atoms with Gasteiger partial charge in [0.25, 0.3) is 0 Å². The largest absolute Gasteiger partial charge is 0.340 e. The summed E-state index contributed by atoms with van der Waals surface area (Å²) >= 11 is 3.79. The molecule has 19 heavy (non-hydrogen) atoms. The highest BCUT2D eigenvalue weighted by Crippen LogP contribution is 2.27. The third-order valence-corrected chi connectivity index (χ3v) is 6.98. The average Bonchev–Trinajstić information content (AvgIpc) is 2.98. The fourth-order valence-corrected chi connectivity index (χ4v) is 5.75. The van der Waals surface area contributed by atoms with Gasteiger partial charge in [-0.2, -0.15) is 11.8 Å². The quantitative estimate of drug-likeness (QED) is 0.796. The van der Waals surface area contributed by atoms with Crippen molar-refractivity contribution in [3.63, 3.8) is 0 Å². The molecule has 0 radical (unpaired) electrons. The molecule has 3 rings (SSSR count). The van der Waals surface area contributed by atoms with Gasteiger partial charge in [-0.25, -0.2) is 0 Å². The van der Waals surface area contributed by atoms with Gasteiger partial charge >= 0.3 is 0 Å². The van der Waals surface area contributed by atoms with Crippen LogP contribution in [0.15, 0.2) is 0 Å². The smallest absolute Gasteiger partial charge is 0.236 e. The molecule has 3 aliphatic heterocycles. The van der Waals surface area contributed by atoms with Crippen molar-refractivity contribution in [1.82, 2.24) is 15.1 Å². The molecule has 2 unspecified atom stereocenters. The Morgan fingerprint density at radius 3 is 2.74 bits per heavy atom. The van der Waals surface area contributed by atoms with Crippen LogP contribution in [0.25, 0.3) is 0 Å². The number of carbonyl (C=O) groups is 1. The minimum atomic E-state index is 0.223. The van der Waals surface area contributed by atoms with E-state index in [1.54, 1.807) is 0 Å². The van der Waals surface area contributed by atoms with E-state index in [9.17, 15) is 4.79 Å². The fraction of sp³-hybridized carbons (Fsp3) is 0.923. The van der Waals surface area contributed by atoms with Crippen molar-refractivity contribution in [2.75, 3.05) is 56.5 Å². The minimum absolute atomic E-state index is 0.223. The van der Waals surface area contributed by atoms with Crippen molar-refractivity contribution in [2.24, 2.45) is 0 Å². The van der Waals surface area contributed by atoms with Crippen LogP contribution in [-0.4, -0.2) is 83.5 Å². The van der Waals surface area contributed by atoms with E-state index >= 15 is 0 Å². The van der Waals surface area contributed by atoms with Crippen LogP contribution >= 0.6 is 23.5 Å². The molecule has 6 heteroatoms. The molecule has 3 fully saturated rings. The number of hydrogen-bond acceptors (Lipinski definition) is 5. The Hall–Kier alpha value is 0.0900. The molecule has 0 aromatic rings. The highest BCUT2D eigenvalue weighted by molar-refractivity contribution is 8.07. The van der Waals surface area contributed by atoms with Crippen LogP contribution in [0.4, 0.5) is 0 Å². The molecular weight excluding hydrogens is 278 g/mol. The van der Waals surface area contributed by atoms with Crippen LogP contribution in [0.3, 0.4) is 0 Å². The molecule has 3 heterocycles. The molecule has 4 nitrogen and oxygen atoms in total. The number of piperazine rings is 1. The maximum Gasteiger partial charge on any atom is 0.236 e. The summed E-state index contributed by atoms with van der Waals surface area (Å²) in [6.07, 6.45) is 1.16. The van der Waals surface area contributed by atoms with E-state index in [0.29, 0.717) is 11.9 Å². The lowest BCUT2D eigenvalue weighted by Gasteiger charge is -2.33. The Kier molecular flexibility index (Phi) is 4.95. The number of nitrogens with one attached hydrogen (secondary N) is 1. The van der Waals surface area contributed by atoms with Crippen LogP contribution < -0.4 is 5.32 Å². The number of thioether (sulfide) groups is 2. The summed E-state index contributed by atoms with van der Waals surface area (Å²) in [5.41, 5.74) is 0. The zero-order chi connectivity index (χ0) is 13.1. The first-order chi connectivity index (χ1) is 9.34. The molecule has 2 atom stereocenters. The second kappa shape index (κ2) is 6.70. The van der Waals surface area contributed by atoms with E-state index < -0.39 is 0 Å². The van der Waals surface area contributed by atoms with Gasteiger partial charge in [-0.1, -0.05) is 0 Å². The molecule has 0 aromatic carbocycles. The standard InChI is InChI=1S/C13H23N3OS2/c17-13(12-10-18-7-8-19-12)16-4-1-11(9-16)15-5-2-14-3-6-15/h11-12,14H,1-10H2. The number of rotatable bonds is 2. The molecule has 108 valence electrons. The lowest BCUT2D eigenvalue weighted by Crippen LogP contribution is -2.49. The molecule has 3 saturated heterocycles. The van der Waals surface area contributed by atoms with Gasteiger partial charge in [-0.15, -0.1) is 11.8 Å². The second-order valence-corrected chi connectivity index (χ2v) is 7.91. The summed E-state index contributed by atoms with van der Waals surface area (Å²) in [5, 5.41) is 3.62. The van der Waals surface area contributed by atoms with Crippen molar-refractivity contribution in [2.45, 2.75) is 17.7 Å². The maximum atomic E-state index is 12.5. The minimum Gasteiger partial charge on any atom is -0.340 e.